The van der Waals surface area contributed by atoms with E-state index in [-0.39, 0.29) is 5.82 Å². The molecule has 2 rings (SSSR count). The fraction of sp³-hybridized carbons (Fsp3) is 0.182. The zero-order valence-electron chi connectivity index (χ0n) is 9.09. The molecule has 5 nitrogen and oxygen atoms in total. The number of nitrogens with zero attached hydrogens (tertiary/aromatic N) is 3. The van der Waals surface area contributed by atoms with E-state index in [0.717, 1.165) is 5.56 Å². The molecule has 0 spiro atoms. The second-order valence-corrected chi connectivity index (χ2v) is 3.96. The molecule has 88 valence electrons. The van der Waals surface area contributed by atoms with Crippen molar-refractivity contribution in [1.29, 1.82) is 0 Å². The fourth-order valence-corrected chi connectivity index (χ4v) is 1.68. The summed E-state index contributed by atoms with van der Waals surface area (Å²) in [6.45, 7) is 0. The second kappa shape index (κ2) is 4.55. The van der Waals surface area contributed by atoms with Gasteiger partial charge in [-0.15, -0.1) is 5.10 Å². The van der Waals surface area contributed by atoms with E-state index >= 15 is 0 Å². The van der Waals surface area contributed by atoms with Crippen molar-refractivity contribution in [3.63, 3.8) is 0 Å². The number of carbonyl (C=O) groups is 1. The number of aryl methyl sites for hydroxylation is 1. The van der Waals surface area contributed by atoms with Gasteiger partial charge in [-0.2, -0.15) is 0 Å². The van der Waals surface area contributed by atoms with Crippen molar-refractivity contribution in [1.82, 2.24) is 14.8 Å². The van der Waals surface area contributed by atoms with E-state index in [2.05, 4.69) is 10.1 Å². The number of rotatable bonds is 3. The third-order valence-corrected chi connectivity index (χ3v) is 2.72. The number of benzene rings is 1. The Bertz CT molecular complexity index is 566. The maximum atomic E-state index is 10.7. The number of halogens is 1. The number of aromatic carboxylic acids is 1. The first kappa shape index (κ1) is 11.6. The van der Waals surface area contributed by atoms with Crippen LogP contribution in [-0.2, 0) is 13.5 Å². The van der Waals surface area contributed by atoms with Crippen molar-refractivity contribution in [2.24, 2.45) is 7.05 Å². The average Bonchev–Trinajstić information content (AvgIpc) is 2.64. The molecule has 0 amide bonds. The Labute approximate surface area is 103 Å². The maximum absolute atomic E-state index is 10.7. The normalized spacial score (nSPS) is 10.5. The molecule has 17 heavy (non-hydrogen) atoms. The summed E-state index contributed by atoms with van der Waals surface area (Å²) in [6, 6.07) is 7.36. The molecule has 1 N–H and O–H groups in total. The Kier molecular flexibility index (Phi) is 3.10. The number of aromatic nitrogens is 3. The minimum atomic E-state index is -1.13. The van der Waals surface area contributed by atoms with E-state index in [1.165, 1.54) is 4.68 Å². The molecule has 0 aliphatic heterocycles. The highest BCUT2D eigenvalue weighted by atomic mass is 35.5. The Morgan fingerprint density at radius 2 is 2.18 bits per heavy atom. The summed E-state index contributed by atoms with van der Waals surface area (Å²) < 4.78 is 1.45. The van der Waals surface area contributed by atoms with Crippen LogP contribution in [0.5, 0.6) is 0 Å². The molecule has 1 heterocycles. The smallest absolute Gasteiger partial charge is 0.375 e. The quantitative estimate of drug-likeness (QED) is 0.903. The predicted molar refractivity (Wildman–Crippen MR) is 62.2 cm³/mol. The average molecular weight is 252 g/mol. The van der Waals surface area contributed by atoms with Crippen molar-refractivity contribution in [2.75, 3.05) is 0 Å². The molecule has 2 aromatic rings. The highest BCUT2D eigenvalue weighted by Crippen LogP contribution is 2.17. The van der Waals surface area contributed by atoms with Crippen LogP contribution >= 0.6 is 11.6 Å². The van der Waals surface area contributed by atoms with Gasteiger partial charge in [0.15, 0.2) is 0 Å². The molecule has 0 bridgehead atoms. The fourth-order valence-electron chi connectivity index (χ4n) is 1.47. The SMILES string of the molecule is Cn1nc(C(=O)O)nc1Cc1ccccc1Cl. The standard InChI is InChI=1S/C11H10ClN3O2/c1-15-9(13-10(14-15)11(16)17)6-7-4-2-3-5-8(7)12/h2-5H,6H2,1H3,(H,16,17). The van der Waals surface area contributed by atoms with E-state index in [1.807, 2.05) is 18.2 Å². The van der Waals surface area contributed by atoms with Gasteiger partial charge in [0, 0.05) is 18.5 Å². The Morgan fingerprint density at radius 1 is 1.47 bits per heavy atom. The van der Waals surface area contributed by atoms with Crippen LogP contribution < -0.4 is 0 Å². The van der Waals surface area contributed by atoms with E-state index in [4.69, 9.17) is 16.7 Å². The number of carboxylic acids is 1. The summed E-state index contributed by atoms with van der Waals surface area (Å²) in [5, 5.41) is 13.2. The highest BCUT2D eigenvalue weighted by Gasteiger charge is 2.14. The lowest BCUT2D eigenvalue weighted by Gasteiger charge is -2.02. The van der Waals surface area contributed by atoms with Gasteiger partial charge in [0.25, 0.3) is 5.82 Å². The molecule has 1 aromatic heterocycles. The van der Waals surface area contributed by atoms with Crippen LogP contribution in [0, 0.1) is 0 Å². The van der Waals surface area contributed by atoms with Crippen molar-refractivity contribution in [3.8, 4) is 0 Å². The summed E-state index contributed by atoms with van der Waals surface area (Å²) in [5.41, 5.74) is 0.890. The Morgan fingerprint density at radius 3 is 2.76 bits per heavy atom. The number of carboxylic acid groups (broad SMARTS) is 1. The zero-order chi connectivity index (χ0) is 12.4. The minimum absolute atomic E-state index is 0.199. The number of hydrogen-bond donors (Lipinski definition) is 1. The van der Waals surface area contributed by atoms with Gasteiger partial charge < -0.3 is 5.11 Å². The first-order valence-electron chi connectivity index (χ1n) is 4.94. The van der Waals surface area contributed by atoms with Crippen molar-refractivity contribution >= 4 is 17.6 Å². The van der Waals surface area contributed by atoms with Crippen molar-refractivity contribution < 1.29 is 9.90 Å². The summed E-state index contributed by atoms with van der Waals surface area (Å²) in [4.78, 5) is 14.7. The molecular weight excluding hydrogens is 242 g/mol. The summed E-state index contributed by atoms with van der Waals surface area (Å²) in [7, 11) is 1.66. The van der Waals surface area contributed by atoms with E-state index in [0.29, 0.717) is 17.3 Å². The van der Waals surface area contributed by atoms with Gasteiger partial charge in [-0.1, -0.05) is 29.8 Å². The van der Waals surface area contributed by atoms with Gasteiger partial charge >= 0.3 is 5.97 Å². The van der Waals surface area contributed by atoms with Gasteiger partial charge in [-0.3, -0.25) is 4.68 Å². The molecule has 1 aromatic carbocycles. The predicted octanol–water partition coefficient (Wildman–Crippen LogP) is 1.76. The lowest BCUT2D eigenvalue weighted by Crippen LogP contribution is -2.01. The zero-order valence-corrected chi connectivity index (χ0v) is 9.85. The molecule has 6 heteroatoms. The van der Waals surface area contributed by atoms with Gasteiger partial charge in [0.1, 0.15) is 5.82 Å². The van der Waals surface area contributed by atoms with Gasteiger partial charge in [0.05, 0.1) is 0 Å². The summed E-state index contributed by atoms with van der Waals surface area (Å²) in [5.74, 6) is -0.768. The van der Waals surface area contributed by atoms with Crippen LogP contribution in [0.1, 0.15) is 22.0 Å². The van der Waals surface area contributed by atoms with Crippen LogP contribution in [0.4, 0.5) is 0 Å². The monoisotopic (exact) mass is 251 g/mol. The van der Waals surface area contributed by atoms with Crippen LogP contribution in [0.3, 0.4) is 0 Å². The van der Waals surface area contributed by atoms with Crippen molar-refractivity contribution in [2.45, 2.75) is 6.42 Å². The Hall–Kier alpha value is -1.88. The first-order valence-corrected chi connectivity index (χ1v) is 5.32. The van der Waals surface area contributed by atoms with E-state index in [9.17, 15) is 4.79 Å². The number of hydrogen-bond acceptors (Lipinski definition) is 3. The lowest BCUT2D eigenvalue weighted by atomic mass is 10.1. The van der Waals surface area contributed by atoms with Crippen LogP contribution in [-0.4, -0.2) is 25.8 Å². The van der Waals surface area contributed by atoms with Crippen LogP contribution in [0.2, 0.25) is 5.02 Å². The third-order valence-electron chi connectivity index (χ3n) is 2.35. The molecule has 0 radical (unpaired) electrons. The molecular formula is C11H10ClN3O2. The molecule has 0 saturated carbocycles. The van der Waals surface area contributed by atoms with Gasteiger partial charge in [0.2, 0.25) is 0 Å². The largest absolute Gasteiger partial charge is 0.475 e. The van der Waals surface area contributed by atoms with Crippen LogP contribution in [0.15, 0.2) is 24.3 Å². The molecule has 0 atom stereocenters. The van der Waals surface area contributed by atoms with Crippen LogP contribution in [0.25, 0.3) is 0 Å². The first-order chi connectivity index (χ1) is 8.08. The summed E-state index contributed by atoms with van der Waals surface area (Å²) in [6.07, 6.45) is 0.455. The van der Waals surface area contributed by atoms with Gasteiger partial charge in [-0.25, -0.2) is 9.78 Å². The molecule has 0 saturated heterocycles. The second-order valence-electron chi connectivity index (χ2n) is 3.55. The maximum Gasteiger partial charge on any atom is 0.375 e. The highest BCUT2D eigenvalue weighted by molar-refractivity contribution is 6.31. The topological polar surface area (TPSA) is 68.0 Å². The van der Waals surface area contributed by atoms with Gasteiger partial charge in [-0.05, 0) is 11.6 Å². The molecule has 0 unspecified atom stereocenters. The Balaban J connectivity index is 2.30. The molecule has 0 fully saturated rings. The van der Waals surface area contributed by atoms with E-state index in [1.54, 1.807) is 13.1 Å². The molecule has 0 aliphatic carbocycles. The lowest BCUT2D eigenvalue weighted by molar-refractivity contribution is 0.0683. The van der Waals surface area contributed by atoms with E-state index < -0.39 is 5.97 Å². The summed E-state index contributed by atoms with van der Waals surface area (Å²) >= 11 is 6.02. The van der Waals surface area contributed by atoms with Crippen molar-refractivity contribution in [3.05, 3.63) is 46.5 Å². The minimum Gasteiger partial charge on any atom is -0.475 e. The molecule has 0 aliphatic rings. The third kappa shape index (κ3) is 2.45.